The van der Waals surface area contributed by atoms with Crippen LogP contribution < -0.4 is 5.32 Å². The van der Waals surface area contributed by atoms with Crippen molar-refractivity contribution >= 4 is 23.2 Å². The highest BCUT2D eigenvalue weighted by molar-refractivity contribution is 7.11. The number of urea groups is 1. The maximum atomic E-state index is 12.2. The van der Waals surface area contributed by atoms with Crippen LogP contribution in [0.1, 0.15) is 21.9 Å². The van der Waals surface area contributed by atoms with E-state index >= 15 is 0 Å². The molecule has 0 radical (unpaired) electrons. The number of thiophene rings is 1. The molecule has 2 aromatic rings. The zero-order valence-corrected chi connectivity index (χ0v) is 15.2. The highest BCUT2D eigenvalue weighted by Crippen LogP contribution is 2.23. The maximum Gasteiger partial charge on any atom is 0.322 e. The fraction of sp³-hybridized carbons (Fsp3) is 0.529. The molecule has 1 aliphatic heterocycles. The first-order chi connectivity index (χ1) is 11.5. The first kappa shape index (κ1) is 17.0. The van der Waals surface area contributed by atoms with Crippen molar-refractivity contribution < 1.29 is 9.32 Å². The van der Waals surface area contributed by atoms with Gasteiger partial charge in [0.25, 0.3) is 0 Å². The Morgan fingerprint density at radius 3 is 3.00 bits per heavy atom. The van der Waals surface area contributed by atoms with Crippen molar-refractivity contribution in [1.82, 2.24) is 15.0 Å². The summed E-state index contributed by atoms with van der Waals surface area (Å²) in [5.41, 5.74) is 0. The molecule has 6 nitrogen and oxygen atoms in total. The topological polar surface area (TPSA) is 61.6 Å². The van der Waals surface area contributed by atoms with E-state index in [1.807, 2.05) is 18.4 Å². The van der Waals surface area contributed by atoms with Gasteiger partial charge in [-0.15, -0.1) is 11.3 Å². The van der Waals surface area contributed by atoms with E-state index < -0.39 is 0 Å². The lowest BCUT2D eigenvalue weighted by Crippen LogP contribution is -2.36. The molecule has 1 unspecified atom stereocenters. The summed E-state index contributed by atoms with van der Waals surface area (Å²) in [5, 5.41) is 6.55. The van der Waals surface area contributed by atoms with E-state index in [9.17, 15) is 4.79 Å². The lowest BCUT2D eigenvalue weighted by Gasteiger charge is -2.21. The van der Waals surface area contributed by atoms with Gasteiger partial charge in [-0.2, -0.15) is 0 Å². The van der Waals surface area contributed by atoms with E-state index in [0.717, 1.165) is 32.6 Å². The quantitative estimate of drug-likeness (QED) is 0.900. The number of nitrogens with one attached hydrogen (secondary N) is 1. The number of rotatable bonds is 5. The molecular formula is C17H24N4O2S. The molecule has 1 fully saturated rings. The predicted octanol–water partition coefficient (Wildman–Crippen LogP) is 3.34. The van der Waals surface area contributed by atoms with Gasteiger partial charge < -0.3 is 9.42 Å². The molecule has 2 aromatic heterocycles. The van der Waals surface area contributed by atoms with E-state index in [1.165, 1.54) is 9.75 Å². The monoisotopic (exact) mass is 348 g/mol. The number of nitrogens with zero attached hydrogens (tertiary/aromatic N) is 3. The average Bonchev–Trinajstić information content (AvgIpc) is 3.23. The molecule has 0 spiro atoms. The number of carbonyl (C=O) groups excluding carboxylic acids is 1. The molecule has 0 aliphatic carbocycles. The summed E-state index contributed by atoms with van der Waals surface area (Å²) in [6, 6.07) is 5.96. The van der Waals surface area contributed by atoms with Gasteiger partial charge in [0.2, 0.25) is 0 Å². The van der Waals surface area contributed by atoms with Gasteiger partial charge in [0, 0.05) is 42.5 Å². The third-order valence-electron chi connectivity index (χ3n) is 4.29. The Bertz CT molecular complexity index is 696. The second-order valence-corrected chi connectivity index (χ2v) is 7.91. The third-order valence-corrected chi connectivity index (χ3v) is 5.27. The van der Waals surface area contributed by atoms with Crippen LogP contribution >= 0.6 is 11.3 Å². The van der Waals surface area contributed by atoms with Gasteiger partial charge >= 0.3 is 6.03 Å². The number of hydrogen-bond donors (Lipinski definition) is 1. The third kappa shape index (κ3) is 4.36. The number of aromatic nitrogens is 1. The normalized spacial score (nSPS) is 18.0. The van der Waals surface area contributed by atoms with Crippen molar-refractivity contribution in [3.8, 4) is 0 Å². The molecule has 1 atom stereocenters. The van der Waals surface area contributed by atoms with Gasteiger partial charge in [0.05, 0.1) is 0 Å². The lowest BCUT2D eigenvalue weighted by atomic mass is 10.1. The van der Waals surface area contributed by atoms with Crippen LogP contribution in [0.2, 0.25) is 0 Å². The van der Waals surface area contributed by atoms with Gasteiger partial charge in [-0.3, -0.25) is 10.2 Å². The van der Waals surface area contributed by atoms with E-state index in [-0.39, 0.29) is 6.03 Å². The molecule has 3 heterocycles. The summed E-state index contributed by atoms with van der Waals surface area (Å²) in [5.74, 6) is 1.66. The van der Waals surface area contributed by atoms with Crippen molar-refractivity contribution in [2.24, 2.45) is 5.92 Å². The summed E-state index contributed by atoms with van der Waals surface area (Å²) in [6.45, 7) is 7.85. The zero-order chi connectivity index (χ0) is 17.1. The summed E-state index contributed by atoms with van der Waals surface area (Å²) in [4.78, 5) is 19.2. The highest BCUT2D eigenvalue weighted by atomic mass is 32.1. The van der Waals surface area contributed by atoms with Gasteiger partial charge in [0.15, 0.2) is 5.82 Å². The molecule has 7 heteroatoms. The Morgan fingerprint density at radius 1 is 1.50 bits per heavy atom. The number of anilines is 1. The van der Waals surface area contributed by atoms with Crippen LogP contribution in [0, 0.1) is 19.8 Å². The fourth-order valence-corrected chi connectivity index (χ4v) is 4.03. The van der Waals surface area contributed by atoms with E-state index in [1.54, 1.807) is 17.9 Å². The molecule has 2 amide bonds. The first-order valence-corrected chi connectivity index (χ1v) is 9.04. The fourth-order valence-electron chi connectivity index (χ4n) is 3.10. The molecule has 3 rings (SSSR count). The average molecular weight is 348 g/mol. The predicted molar refractivity (Wildman–Crippen MR) is 95.3 cm³/mol. The van der Waals surface area contributed by atoms with Crippen LogP contribution in [0.25, 0.3) is 0 Å². The molecule has 0 saturated carbocycles. The van der Waals surface area contributed by atoms with Crippen molar-refractivity contribution in [3.63, 3.8) is 0 Å². The van der Waals surface area contributed by atoms with Crippen molar-refractivity contribution in [2.45, 2.75) is 26.8 Å². The second kappa shape index (κ2) is 7.36. The van der Waals surface area contributed by atoms with Crippen LogP contribution in [-0.2, 0) is 6.54 Å². The zero-order valence-electron chi connectivity index (χ0n) is 14.4. The SMILES string of the molecule is Cc1cc(NC(=O)N(C)CC2CCN(Cc3ccc(C)s3)C2)no1. The van der Waals surface area contributed by atoms with Gasteiger partial charge in [0.1, 0.15) is 5.76 Å². The molecule has 1 N–H and O–H groups in total. The summed E-state index contributed by atoms with van der Waals surface area (Å²) >= 11 is 1.87. The highest BCUT2D eigenvalue weighted by Gasteiger charge is 2.25. The Hall–Kier alpha value is -1.86. The maximum absolute atomic E-state index is 12.2. The molecular weight excluding hydrogens is 324 g/mol. The van der Waals surface area contributed by atoms with Crippen LogP contribution in [0.5, 0.6) is 0 Å². The molecule has 130 valence electrons. The minimum atomic E-state index is -0.143. The molecule has 0 aromatic carbocycles. The largest absolute Gasteiger partial charge is 0.360 e. The Kier molecular flexibility index (Phi) is 5.20. The lowest BCUT2D eigenvalue weighted by molar-refractivity contribution is 0.212. The van der Waals surface area contributed by atoms with E-state index in [4.69, 9.17) is 4.52 Å². The molecule has 0 bridgehead atoms. The van der Waals surface area contributed by atoms with Crippen molar-refractivity contribution in [2.75, 3.05) is 32.0 Å². The molecule has 1 saturated heterocycles. The number of aryl methyl sites for hydroxylation is 2. The molecule has 24 heavy (non-hydrogen) atoms. The Morgan fingerprint density at radius 2 is 2.33 bits per heavy atom. The van der Waals surface area contributed by atoms with Crippen LogP contribution in [0.15, 0.2) is 22.7 Å². The number of hydrogen-bond acceptors (Lipinski definition) is 5. The van der Waals surface area contributed by atoms with Crippen LogP contribution in [0.4, 0.5) is 10.6 Å². The minimum absolute atomic E-state index is 0.143. The van der Waals surface area contributed by atoms with E-state index in [2.05, 4.69) is 34.4 Å². The Labute approximate surface area is 146 Å². The second-order valence-electron chi connectivity index (χ2n) is 6.54. The number of carbonyl (C=O) groups is 1. The van der Waals surface area contributed by atoms with Crippen LogP contribution in [-0.4, -0.2) is 47.7 Å². The summed E-state index contributed by atoms with van der Waals surface area (Å²) in [6.07, 6.45) is 1.13. The van der Waals surface area contributed by atoms with Gasteiger partial charge in [-0.25, -0.2) is 4.79 Å². The van der Waals surface area contributed by atoms with Crippen LogP contribution in [0.3, 0.4) is 0 Å². The first-order valence-electron chi connectivity index (χ1n) is 8.22. The van der Waals surface area contributed by atoms with Gasteiger partial charge in [-0.1, -0.05) is 5.16 Å². The van der Waals surface area contributed by atoms with E-state index in [0.29, 0.717) is 17.5 Å². The number of likely N-dealkylation sites (tertiary alicyclic amines) is 1. The van der Waals surface area contributed by atoms with Gasteiger partial charge in [-0.05, 0) is 44.9 Å². The standard InChI is InChI=1S/C17H24N4O2S/c1-12-8-16(19-23-12)18-17(22)20(3)9-14-6-7-21(10-14)11-15-5-4-13(2)24-15/h4-5,8,14H,6-7,9-11H2,1-3H3,(H,18,19,22). The Balaban J connectivity index is 1.45. The molecule has 1 aliphatic rings. The summed E-state index contributed by atoms with van der Waals surface area (Å²) in [7, 11) is 1.83. The smallest absolute Gasteiger partial charge is 0.322 e. The van der Waals surface area contributed by atoms with Crippen molar-refractivity contribution in [1.29, 1.82) is 0 Å². The van der Waals surface area contributed by atoms with Crippen molar-refractivity contribution in [3.05, 3.63) is 33.7 Å². The summed E-state index contributed by atoms with van der Waals surface area (Å²) < 4.78 is 4.96. The number of amides is 2. The minimum Gasteiger partial charge on any atom is -0.360 e.